The average molecular weight is 398 g/mol. The Balaban J connectivity index is 2.33. The first-order chi connectivity index (χ1) is 13.7. The second-order valence-electron chi connectivity index (χ2n) is 7.75. The number of nitrogens with zero attached hydrogens (tertiary/aromatic N) is 1. The minimum absolute atomic E-state index is 0.0733. The summed E-state index contributed by atoms with van der Waals surface area (Å²) in [6.07, 6.45) is 3.62. The topological polar surface area (TPSA) is 90.7 Å². The fourth-order valence-corrected chi connectivity index (χ4v) is 2.77. The second-order valence-corrected chi connectivity index (χ2v) is 7.75. The molecule has 0 unspecified atom stereocenters. The van der Waals surface area contributed by atoms with Crippen LogP contribution in [0.5, 0.6) is 11.5 Å². The second kappa shape index (κ2) is 9.73. The van der Waals surface area contributed by atoms with E-state index >= 15 is 0 Å². The number of hydrogen-bond donors (Lipinski definition) is 1. The van der Waals surface area contributed by atoms with Gasteiger partial charge in [-0.1, -0.05) is 45.0 Å². The molecule has 1 atom stereocenters. The number of hydrogen-bond acceptors (Lipinski definition) is 6. The highest BCUT2D eigenvalue weighted by Gasteiger charge is 2.21. The predicted octanol–water partition coefficient (Wildman–Crippen LogP) is 5.33. The third-order valence-corrected chi connectivity index (χ3v) is 3.98. The van der Waals surface area contributed by atoms with Crippen molar-refractivity contribution >= 4 is 17.3 Å². The fraction of sp³-hybridized carbons (Fsp3) is 0.318. The number of benzene rings is 2. The average Bonchev–Trinajstić information content (AvgIpc) is 2.65. The van der Waals surface area contributed by atoms with E-state index in [9.17, 15) is 14.9 Å². The molecule has 0 saturated carbocycles. The van der Waals surface area contributed by atoms with Gasteiger partial charge in [0.1, 0.15) is 17.2 Å². The molecule has 0 spiro atoms. The summed E-state index contributed by atoms with van der Waals surface area (Å²) in [6, 6.07) is 13.4. The Morgan fingerprint density at radius 2 is 1.86 bits per heavy atom. The largest absolute Gasteiger partial charge is 0.466 e. The Kier molecular flexibility index (Phi) is 7.36. The number of ether oxygens (including phenoxy) is 2. The highest BCUT2D eigenvalue weighted by Crippen LogP contribution is 2.33. The van der Waals surface area contributed by atoms with Crippen molar-refractivity contribution in [3.8, 4) is 11.5 Å². The number of carbonyl (C=O) groups is 1. The summed E-state index contributed by atoms with van der Waals surface area (Å²) in [6.45, 7) is 6.16. The van der Waals surface area contributed by atoms with Crippen LogP contribution in [0.1, 0.15) is 27.2 Å². The van der Waals surface area contributed by atoms with E-state index in [1.54, 1.807) is 30.3 Å². The van der Waals surface area contributed by atoms with Gasteiger partial charge < -0.3 is 14.8 Å². The molecule has 0 aromatic heterocycles. The van der Waals surface area contributed by atoms with Crippen LogP contribution >= 0.6 is 0 Å². The van der Waals surface area contributed by atoms with Crippen LogP contribution in [-0.2, 0) is 9.53 Å². The van der Waals surface area contributed by atoms with Crippen molar-refractivity contribution in [2.45, 2.75) is 33.2 Å². The first-order valence-electron chi connectivity index (χ1n) is 9.22. The van der Waals surface area contributed by atoms with Crippen LogP contribution in [0.4, 0.5) is 11.4 Å². The zero-order valence-electron chi connectivity index (χ0n) is 17.0. The summed E-state index contributed by atoms with van der Waals surface area (Å²) in [7, 11) is 1.30. The van der Waals surface area contributed by atoms with E-state index in [0.717, 1.165) is 0 Å². The lowest BCUT2D eigenvalue weighted by atomic mass is 9.88. The van der Waals surface area contributed by atoms with Gasteiger partial charge in [0, 0.05) is 24.3 Å². The van der Waals surface area contributed by atoms with E-state index in [-0.39, 0.29) is 17.1 Å². The van der Waals surface area contributed by atoms with Crippen molar-refractivity contribution in [3.05, 3.63) is 70.8 Å². The van der Waals surface area contributed by atoms with Gasteiger partial charge in [-0.15, -0.1) is 0 Å². The Bertz CT molecular complexity index is 873. The Morgan fingerprint density at radius 1 is 1.17 bits per heavy atom. The third-order valence-electron chi connectivity index (χ3n) is 3.98. The maximum Gasteiger partial charge on any atom is 0.330 e. The van der Waals surface area contributed by atoms with Crippen LogP contribution in [-0.4, -0.2) is 24.0 Å². The maximum absolute atomic E-state index is 11.5. The molecular formula is C22H26N2O5. The molecule has 2 rings (SSSR count). The number of nitrogens with one attached hydrogen (secondary N) is 1. The molecule has 7 nitrogen and oxygen atoms in total. The molecule has 0 radical (unpaired) electrons. The summed E-state index contributed by atoms with van der Waals surface area (Å²) in [5, 5.41) is 14.7. The van der Waals surface area contributed by atoms with Gasteiger partial charge in [-0.3, -0.25) is 10.1 Å². The van der Waals surface area contributed by atoms with Crippen molar-refractivity contribution in [3.63, 3.8) is 0 Å². The van der Waals surface area contributed by atoms with Gasteiger partial charge in [0.15, 0.2) is 0 Å². The van der Waals surface area contributed by atoms with E-state index in [1.165, 1.54) is 19.3 Å². The monoisotopic (exact) mass is 398 g/mol. The fourth-order valence-electron chi connectivity index (χ4n) is 2.77. The van der Waals surface area contributed by atoms with Crippen LogP contribution in [0.2, 0.25) is 0 Å². The molecule has 29 heavy (non-hydrogen) atoms. The summed E-state index contributed by atoms with van der Waals surface area (Å²) >= 11 is 0. The standard InChI is InChI=1S/C22H26N2O5/c1-22(2,3)15-16(10-13-21(25)28-4)23-19-14-18(11-12-20(19)24(26)27)29-17-8-6-5-7-9-17/h5-14,16,23H,15H2,1-4H3/t16-/m0/s1. The zero-order chi connectivity index (χ0) is 21.4. The molecule has 0 fully saturated rings. The van der Waals surface area contributed by atoms with Crippen LogP contribution in [0.25, 0.3) is 0 Å². The van der Waals surface area contributed by atoms with Crippen molar-refractivity contribution in [2.24, 2.45) is 5.41 Å². The highest BCUT2D eigenvalue weighted by molar-refractivity contribution is 5.82. The summed E-state index contributed by atoms with van der Waals surface area (Å²) in [5.41, 5.74) is 0.161. The van der Waals surface area contributed by atoms with E-state index in [2.05, 4.69) is 30.8 Å². The van der Waals surface area contributed by atoms with Gasteiger partial charge in [0.05, 0.1) is 12.0 Å². The minimum Gasteiger partial charge on any atom is -0.466 e. The number of carbonyl (C=O) groups excluding carboxylic acids is 1. The minimum atomic E-state index is -0.485. The molecule has 0 aliphatic rings. The Hall–Kier alpha value is -3.35. The van der Waals surface area contributed by atoms with Gasteiger partial charge in [-0.25, -0.2) is 4.79 Å². The third kappa shape index (κ3) is 7.29. The van der Waals surface area contributed by atoms with Gasteiger partial charge in [0.25, 0.3) is 5.69 Å². The number of nitro benzene ring substituents is 1. The van der Waals surface area contributed by atoms with Gasteiger partial charge in [0.2, 0.25) is 0 Å². The van der Waals surface area contributed by atoms with Crippen molar-refractivity contribution in [2.75, 3.05) is 12.4 Å². The van der Waals surface area contributed by atoms with E-state index in [0.29, 0.717) is 23.6 Å². The number of esters is 1. The number of anilines is 1. The van der Waals surface area contributed by atoms with Crippen LogP contribution in [0.15, 0.2) is 60.7 Å². The molecule has 1 N–H and O–H groups in total. The molecule has 0 bridgehead atoms. The van der Waals surface area contributed by atoms with Crippen LogP contribution in [0, 0.1) is 15.5 Å². The SMILES string of the molecule is COC(=O)C=C[C@@H](CC(C)(C)C)Nc1cc(Oc2ccccc2)ccc1[N+](=O)[O-]. The molecule has 0 saturated heterocycles. The molecule has 7 heteroatoms. The summed E-state index contributed by atoms with van der Waals surface area (Å²) < 4.78 is 10.4. The van der Waals surface area contributed by atoms with Crippen molar-refractivity contribution in [1.29, 1.82) is 0 Å². The van der Waals surface area contributed by atoms with Crippen molar-refractivity contribution < 1.29 is 19.2 Å². The summed E-state index contributed by atoms with van der Waals surface area (Å²) in [5.74, 6) is 0.612. The van der Waals surface area contributed by atoms with E-state index < -0.39 is 10.9 Å². The number of nitro groups is 1. The summed E-state index contributed by atoms with van der Waals surface area (Å²) in [4.78, 5) is 22.6. The molecule has 0 aliphatic carbocycles. The molecule has 2 aromatic rings. The molecule has 154 valence electrons. The van der Waals surface area contributed by atoms with E-state index in [1.807, 2.05) is 18.2 Å². The molecule has 2 aromatic carbocycles. The van der Waals surface area contributed by atoms with Gasteiger partial charge in [-0.2, -0.15) is 0 Å². The lowest BCUT2D eigenvalue weighted by Crippen LogP contribution is -2.24. The Morgan fingerprint density at radius 3 is 2.45 bits per heavy atom. The van der Waals surface area contributed by atoms with Crippen molar-refractivity contribution in [1.82, 2.24) is 0 Å². The van der Waals surface area contributed by atoms with Gasteiger partial charge >= 0.3 is 5.97 Å². The smallest absolute Gasteiger partial charge is 0.330 e. The van der Waals surface area contributed by atoms with E-state index in [4.69, 9.17) is 4.74 Å². The molecule has 0 aliphatic heterocycles. The highest BCUT2D eigenvalue weighted by atomic mass is 16.6. The zero-order valence-corrected chi connectivity index (χ0v) is 17.0. The number of methoxy groups -OCH3 is 1. The molecule has 0 amide bonds. The lowest BCUT2D eigenvalue weighted by molar-refractivity contribution is -0.384. The molecule has 0 heterocycles. The normalized spacial score (nSPS) is 12.4. The first-order valence-corrected chi connectivity index (χ1v) is 9.22. The molecular weight excluding hydrogens is 372 g/mol. The maximum atomic E-state index is 11.5. The van der Waals surface area contributed by atoms with Crippen LogP contribution in [0.3, 0.4) is 0 Å². The van der Waals surface area contributed by atoms with Crippen LogP contribution < -0.4 is 10.1 Å². The van der Waals surface area contributed by atoms with Gasteiger partial charge in [-0.05, 0) is 30.0 Å². The quantitative estimate of drug-likeness (QED) is 0.280. The first kappa shape index (κ1) is 21.9. The Labute approximate surface area is 170 Å². The lowest BCUT2D eigenvalue weighted by Gasteiger charge is -2.25. The number of para-hydroxylation sites is 1. The predicted molar refractivity (Wildman–Crippen MR) is 112 cm³/mol. The number of rotatable bonds is 8.